The zero-order valence-corrected chi connectivity index (χ0v) is 35.3. The van der Waals surface area contributed by atoms with Gasteiger partial charge in [0.2, 0.25) is 0 Å². The number of methoxy groups -OCH3 is 4. The number of aromatic carboxylic acids is 2. The Kier molecular flexibility index (Phi) is 22.3. The van der Waals surface area contributed by atoms with Gasteiger partial charge in [0.15, 0.2) is 11.6 Å². The van der Waals surface area contributed by atoms with Crippen molar-refractivity contribution in [3.8, 4) is 24.3 Å². The van der Waals surface area contributed by atoms with Crippen LogP contribution in [0.4, 0.5) is 0 Å². The minimum absolute atomic E-state index is 0.0341. The highest BCUT2D eigenvalue weighted by Gasteiger charge is 2.15. The molecule has 0 fully saturated rings. The third-order valence-electron chi connectivity index (χ3n) is 8.10. The Bertz CT molecular complexity index is 2450. The highest BCUT2D eigenvalue weighted by Crippen LogP contribution is 2.16. The first-order valence-electron chi connectivity index (χ1n) is 18.2. The molecule has 4 aromatic rings. The largest absolute Gasteiger partial charge is 0.478 e. The predicted octanol–water partition coefficient (Wildman–Crippen LogP) is 5.96. The molecule has 18 nitrogen and oxygen atoms in total. The Morgan fingerprint density at radius 3 is 0.766 bits per heavy atom. The summed E-state index contributed by atoms with van der Waals surface area (Å²) in [6.45, 7) is 2.77. The zero-order chi connectivity index (χ0) is 48.5. The second-order valence-electron chi connectivity index (χ2n) is 12.7. The molecule has 0 spiro atoms. The number of hydrogen-bond donors (Lipinski definition) is 2. The van der Waals surface area contributed by atoms with Gasteiger partial charge in [-0.3, -0.25) is 9.59 Å². The van der Waals surface area contributed by atoms with Crippen LogP contribution in [0.2, 0.25) is 0 Å². The van der Waals surface area contributed by atoms with Gasteiger partial charge in [-0.1, -0.05) is 0 Å². The number of benzene rings is 4. The van der Waals surface area contributed by atoms with Crippen LogP contribution in [0.3, 0.4) is 0 Å². The number of carboxylic acids is 2. The molecule has 0 aliphatic carbocycles. The van der Waals surface area contributed by atoms with E-state index >= 15 is 0 Å². The van der Waals surface area contributed by atoms with Crippen molar-refractivity contribution in [1.29, 1.82) is 21.0 Å². The van der Waals surface area contributed by atoms with Gasteiger partial charge in [0.1, 0.15) is 0 Å². The Hall–Kier alpha value is -9.00. The summed E-state index contributed by atoms with van der Waals surface area (Å²) in [5, 5.41) is 51.8. The van der Waals surface area contributed by atoms with Crippen LogP contribution < -0.4 is 0 Å². The van der Waals surface area contributed by atoms with Crippen LogP contribution in [-0.2, 0) is 44.6 Å². The Morgan fingerprint density at radius 1 is 0.375 bits per heavy atom. The molecular weight excluding hydrogens is 833 g/mol. The number of esters is 4. The van der Waals surface area contributed by atoms with Crippen LogP contribution in [-0.4, -0.2) is 86.0 Å². The maximum Gasteiger partial charge on any atom is 0.337 e. The van der Waals surface area contributed by atoms with Crippen LogP contribution in [0.15, 0.2) is 72.8 Å². The summed E-state index contributed by atoms with van der Waals surface area (Å²) < 4.78 is 18.2. The van der Waals surface area contributed by atoms with Crippen molar-refractivity contribution in [2.45, 2.75) is 39.5 Å². The van der Waals surface area contributed by atoms with Gasteiger partial charge in [-0.2, -0.15) is 21.0 Å². The first kappa shape index (κ1) is 53.0. The molecule has 0 unspecified atom stereocenters. The third-order valence-corrected chi connectivity index (χ3v) is 8.10. The molecular formula is C46H40N4O14. The fourth-order valence-corrected chi connectivity index (χ4v) is 5.14. The number of nitrogens with zero attached hydrogens (tertiary/aromatic N) is 4. The van der Waals surface area contributed by atoms with E-state index in [0.29, 0.717) is 38.9 Å². The van der Waals surface area contributed by atoms with Gasteiger partial charge in [-0.25, -0.2) is 28.8 Å². The maximum absolute atomic E-state index is 11.4. The standard InChI is InChI=1S/C12H11NO4.C12H11NO3.C11H9NO4.C11H9NO3/c1-16-11(14)9-5-8(3-4-13)6-10(7-9)12(15)17-2;1-8(14)10-5-9(3-4-13)6-11(7-10)12(15)16-2;1-16-11(15)9-5-7(2-3-12)4-8(6-9)10(13)14;1-7(13)9-4-8(2-3-12)5-10(6-9)11(14)15/h5-7H,3H2,1-2H3;5-7H,3H2,1-2H3;4-6H,2H2,1H3,(H,13,14);4-6H,2H2,1H3,(H,14,15). The molecule has 0 atom stereocenters. The first-order chi connectivity index (χ1) is 30.3. The highest BCUT2D eigenvalue weighted by atomic mass is 16.5. The van der Waals surface area contributed by atoms with Crippen molar-refractivity contribution < 1.29 is 67.5 Å². The molecule has 18 heteroatoms. The third kappa shape index (κ3) is 17.3. The molecule has 0 saturated carbocycles. The molecule has 0 aliphatic rings. The lowest BCUT2D eigenvalue weighted by atomic mass is 10.0. The molecule has 0 radical (unpaired) electrons. The molecule has 0 bridgehead atoms. The van der Waals surface area contributed by atoms with Gasteiger partial charge in [-0.05, 0) is 109 Å². The normalized spacial score (nSPS) is 9.28. The van der Waals surface area contributed by atoms with Crippen molar-refractivity contribution in [1.82, 2.24) is 0 Å². The maximum atomic E-state index is 11.4. The van der Waals surface area contributed by atoms with Gasteiger partial charge in [0.05, 0.1) is 112 Å². The number of carboxylic acid groups (broad SMARTS) is 2. The molecule has 2 N–H and O–H groups in total. The van der Waals surface area contributed by atoms with Crippen molar-refractivity contribution in [3.05, 3.63) is 140 Å². The Morgan fingerprint density at radius 2 is 0.562 bits per heavy atom. The van der Waals surface area contributed by atoms with Crippen molar-refractivity contribution in [2.24, 2.45) is 0 Å². The van der Waals surface area contributed by atoms with Gasteiger partial charge in [0.25, 0.3) is 0 Å². The number of nitriles is 4. The summed E-state index contributed by atoms with van der Waals surface area (Å²) in [6.07, 6.45) is 0.409. The molecule has 0 aliphatic heterocycles. The fraction of sp³-hybridized carbons (Fsp3) is 0.217. The van der Waals surface area contributed by atoms with E-state index in [1.54, 1.807) is 12.1 Å². The van der Waals surface area contributed by atoms with Crippen LogP contribution in [0.1, 0.15) is 119 Å². The van der Waals surface area contributed by atoms with Gasteiger partial charge in [-0.15, -0.1) is 0 Å². The van der Waals surface area contributed by atoms with Gasteiger partial charge >= 0.3 is 35.8 Å². The first-order valence-corrected chi connectivity index (χ1v) is 18.2. The number of ketones is 2. The lowest BCUT2D eigenvalue weighted by molar-refractivity contribution is 0.0585. The van der Waals surface area contributed by atoms with E-state index < -0.39 is 35.8 Å². The van der Waals surface area contributed by atoms with E-state index in [9.17, 15) is 38.4 Å². The molecule has 64 heavy (non-hydrogen) atoms. The number of Topliss-reactive ketones (excluding diaryl/α,β-unsaturated/α-hetero) is 2. The highest BCUT2D eigenvalue weighted by molar-refractivity contribution is 5.99. The topological polar surface area (TPSA) is 309 Å². The minimum atomic E-state index is -1.15. The molecule has 0 aromatic heterocycles. The number of hydrogen-bond acceptors (Lipinski definition) is 16. The summed E-state index contributed by atoms with van der Waals surface area (Å²) in [5.41, 5.74) is 3.82. The number of carbonyl (C=O) groups is 8. The van der Waals surface area contributed by atoms with E-state index in [4.69, 9.17) is 31.3 Å². The van der Waals surface area contributed by atoms with Crippen molar-refractivity contribution >= 4 is 47.4 Å². The Labute approximate surface area is 367 Å². The molecule has 0 amide bonds. The predicted molar refractivity (Wildman–Crippen MR) is 222 cm³/mol. The van der Waals surface area contributed by atoms with E-state index in [0.717, 1.165) is 0 Å². The van der Waals surface area contributed by atoms with E-state index in [1.165, 1.54) is 103 Å². The summed E-state index contributed by atoms with van der Waals surface area (Å²) >= 11 is 0. The summed E-state index contributed by atoms with van der Waals surface area (Å²) in [6, 6.07) is 25.0. The van der Waals surface area contributed by atoms with Crippen LogP contribution in [0.25, 0.3) is 0 Å². The van der Waals surface area contributed by atoms with Crippen molar-refractivity contribution in [3.63, 3.8) is 0 Å². The molecule has 4 aromatic carbocycles. The van der Waals surface area contributed by atoms with Crippen LogP contribution in [0.5, 0.6) is 0 Å². The summed E-state index contributed by atoms with van der Waals surface area (Å²) in [5.74, 6) is -4.86. The van der Waals surface area contributed by atoms with E-state index in [-0.39, 0.29) is 65.1 Å². The second kappa shape index (κ2) is 27.0. The summed E-state index contributed by atoms with van der Waals surface area (Å²) in [7, 11) is 4.97. The SMILES string of the molecule is CC(=O)c1cc(CC#N)cc(C(=O)O)c1.COC(=O)c1cc(CC#N)cc(C(=O)O)c1.COC(=O)c1cc(CC#N)cc(C(=O)OC)c1.COC(=O)c1cc(CC#N)cc(C(C)=O)c1. The fourth-order valence-electron chi connectivity index (χ4n) is 5.14. The van der Waals surface area contributed by atoms with E-state index in [1.807, 2.05) is 24.3 Å². The zero-order valence-electron chi connectivity index (χ0n) is 35.3. The second-order valence-corrected chi connectivity index (χ2v) is 12.7. The number of rotatable bonds is 12. The van der Waals surface area contributed by atoms with Gasteiger partial charge in [0, 0.05) is 11.1 Å². The lowest BCUT2D eigenvalue weighted by Crippen LogP contribution is -2.07. The van der Waals surface area contributed by atoms with Crippen LogP contribution in [0, 0.1) is 45.3 Å². The number of ether oxygens (including phenoxy) is 4. The van der Waals surface area contributed by atoms with Gasteiger partial charge < -0.3 is 29.2 Å². The lowest BCUT2D eigenvalue weighted by Gasteiger charge is -2.05. The summed E-state index contributed by atoms with van der Waals surface area (Å²) in [4.78, 5) is 89.2. The molecule has 0 heterocycles. The quantitative estimate of drug-likeness (QED) is 0.0942. The van der Waals surface area contributed by atoms with Crippen molar-refractivity contribution in [2.75, 3.05) is 28.4 Å². The Balaban J connectivity index is 0.000000427. The number of carbonyl (C=O) groups excluding carboxylic acids is 6. The average Bonchev–Trinajstić information content (AvgIpc) is 3.28. The molecule has 328 valence electrons. The minimum Gasteiger partial charge on any atom is -0.478 e. The monoisotopic (exact) mass is 872 g/mol. The molecule has 0 saturated heterocycles. The van der Waals surface area contributed by atoms with E-state index in [2.05, 4.69) is 18.9 Å². The molecule has 4 rings (SSSR count). The van der Waals surface area contributed by atoms with Crippen LogP contribution >= 0.6 is 0 Å². The smallest absolute Gasteiger partial charge is 0.337 e. The average molecular weight is 873 g/mol.